The Kier molecular flexibility index (Phi) is 49.1. The molecule has 0 radical (unpaired) electrons. The van der Waals surface area contributed by atoms with Crippen LogP contribution < -0.4 is 10.2 Å². The van der Waals surface area contributed by atoms with Gasteiger partial charge >= 0.3 is 0 Å². The summed E-state index contributed by atoms with van der Waals surface area (Å²) in [7, 11) is 1.32. The number of aliphatic hydroxyl groups excluding tert-OH is 1. The predicted octanol–water partition coefficient (Wildman–Crippen LogP) is 17.0. The van der Waals surface area contributed by atoms with Crippen molar-refractivity contribution < 1.29 is 32.9 Å². The van der Waals surface area contributed by atoms with Crippen molar-refractivity contribution >= 4 is 13.7 Å². The number of rotatable bonds is 55. The summed E-state index contributed by atoms with van der Waals surface area (Å²) in [5.41, 5.74) is 0. The molecule has 0 saturated carbocycles. The fourth-order valence-electron chi connectivity index (χ4n) is 9.22. The van der Waals surface area contributed by atoms with E-state index >= 15 is 0 Å². The lowest BCUT2D eigenvalue weighted by molar-refractivity contribution is -0.870. The highest BCUT2D eigenvalue weighted by Gasteiger charge is 2.24. The summed E-state index contributed by atoms with van der Waals surface area (Å²) in [5, 5.41) is 14.0. The van der Waals surface area contributed by atoms with Gasteiger partial charge in [0, 0.05) is 6.42 Å². The molecular weight excluding hydrogens is 840 g/mol. The van der Waals surface area contributed by atoms with Gasteiger partial charge in [0.2, 0.25) is 5.91 Å². The van der Waals surface area contributed by atoms with E-state index in [-0.39, 0.29) is 19.1 Å². The van der Waals surface area contributed by atoms with E-state index in [0.717, 1.165) is 38.5 Å². The number of likely N-dealkylation sites (N-methyl/N-ethyl adjacent to an activating group) is 1. The minimum Gasteiger partial charge on any atom is -0.756 e. The van der Waals surface area contributed by atoms with Crippen LogP contribution in [0.15, 0.2) is 0 Å². The lowest BCUT2D eigenvalue weighted by atomic mass is 10.0. The molecule has 1 unspecified atom stereocenters. The first-order valence-electron chi connectivity index (χ1n) is 29.4. The molecule has 0 bridgehead atoms. The average molecular weight is 958 g/mol. The highest BCUT2D eigenvalue weighted by Crippen LogP contribution is 2.38. The van der Waals surface area contributed by atoms with Crippen molar-refractivity contribution in [3.05, 3.63) is 0 Å². The zero-order chi connectivity index (χ0) is 48.5. The molecule has 0 aliphatic carbocycles. The molecule has 0 aromatic heterocycles. The molecule has 0 aliphatic heterocycles. The second-order valence-corrected chi connectivity index (χ2v) is 23.1. The highest BCUT2D eigenvalue weighted by atomic mass is 31.2. The monoisotopic (exact) mass is 957 g/mol. The molecule has 0 aromatic rings. The van der Waals surface area contributed by atoms with Crippen LogP contribution in [0.3, 0.4) is 0 Å². The Bertz CT molecular complexity index is 1040. The van der Waals surface area contributed by atoms with Crippen LogP contribution in [0, 0.1) is 0 Å². The van der Waals surface area contributed by atoms with Crippen LogP contribution >= 0.6 is 7.82 Å². The Balaban J connectivity index is 4.01. The molecule has 8 nitrogen and oxygen atoms in total. The maximum atomic E-state index is 13.0. The molecule has 3 atom stereocenters. The first-order chi connectivity index (χ1) is 32.0. The Morgan fingerprint density at radius 3 is 1.03 bits per heavy atom. The fraction of sp³-hybridized carbons (Fsp3) is 0.982. The van der Waals surface area contributed by atoms with Gasteiger partial charge in [-0.05, 0) is 12.8 Å². The van der Waals surface area contributed by atoms with E-state index in [1.807, 2.05) is 21.1 Å². The first kappa shape index (κ1) is 65.5. The number of phosphoric ester groups is 1. The number of amides is 1. The van der Waals surface area contributed by atoms with Crippen molar-refractivity contribution in [2.45, 2.75) is 321 Å². The van der Waals surface area contributed by atoms with Gasteiger partial charge < -0.3 is 28.8 Å². The topological polar surface area (TPSA) is 108 Å². The SMILES string of the molecule is CCCCCCCCCCCCCCCCCCCCCCCCCCCCCCCC(=O)N[C@@H](COP(=O)([O-])OCC[N+](C)(C)C)[C@H](O)CCCCCCCCCCCCCCCCC. The number of nitrogens with one attached hydrogen (secondary N) is 1. The van der Waals surface area contributed by atoms with E-state index in [9.17, 15) is 19.4 Å². The quantitative estimate of drug-likeness (QED) is 0.0357. The van der Waals surface area contributed by atoms with Crippen molar-refractivity contribution in [3.63, 3.8) is 0 Å². The van der Waals surface area contributed by atoms with Gasteiger partial charge in [-0.3, -0.25) is 9.36 Å². The van der Waals surface area contributed by atoms with Crippen LogP contribution in [0.4, 0.5) is 0 Å². The lowest BCUT2D eigenvalue weighted by Gasteiger charge is -2.30. The molecule has 0 aromatic carbocycles. The number of hydrogen-bond acceptors (Lipinski definition) is 6. The van der Waals surface area contributed by atoms with Crippen LogP contribution in [-0.4, -0.2) is 68.5 Å². The summed E-state index contributed by atoms with van der Waals surface area (Å²) in [6, 6.07) is -0.794. The van der Waals surface area contributed by atoms with Gasteiger partial charge in [0.25, 0.3) is 7.82 Å². The van der Waals surface area contributed by atoms with E-state index in [1.54, 1.807) is 0 Å². The largest absolute Gasteiger partial charge is 0.756 e. The number of phosphoric acid groups is 1. The molecule has 0 fully saturated rings. The Hall–Kier alpha value is -0.500. The molecule has 0 rings (SSSR count). The molecule has 396 valence electrons. The van der Waals surface area contributed by atoms with E-state index in [4.69, 9.17) is 9.05 Å². The molecule has 9 heteroatoms. The maximum Gasteiger partial charge on any atom is 0.268 e. The zero-order valence-electron chi connectivity index (χ0n) is 45.2. The Morgan fingerprint density at radius 2 is 0.742 bits per heavy atom. The molecule has 2 N–H and O–H groups in total. The van der Waals surface area contributed by atoms with E-state index in [2.05, 4.69) is 19.2 Å². The van der Waals surface area contributed by atoms with Crippen molar-refractivity contribution in [1.29, 1.82) is 0 Å². The number of carbonyl (C=O) groups is 1. The minimum atomic E-state index is -4.56. The maximum absolute atomic E-state index is 13.0. The second-order valence-electron chi connectivity index (χ2n) is 21.7. The minimum absolute atomic E-state index is 0.0165. The summed E-state index contributed by atoms with van der Waals surface area (Å²) in [4.78, 5) is 25.5. The van der Waals surface area contributed by atoms with Crippen molar-refractivity contribution in [2.75, 3.05) is 40.9 Å². The van der Waals surface area contributed by atoms with Crippen LogP contribution in [0.5, 0.6) is 0 Å². The van der Waals surface area contributed by atoms with Crippen LogP contribution in [-0.2, 0) is 18.4 Å². The van der Waals surface area contributed by atoms with Crippen molar-refractivity contribution in [3.8, 4) is 0 Å². The third-order valence-electron chi connectivity index (χ3n) is 13.8. The number of quaternary nitrogens is 1. The number of hydrogen-bond donors (Lipinski definition) is 2. The van der Waals surface area contributed by atoms with Gasteiger partial charge in [0.05, 0.1) is 39.9 Å². The van der Waals surface area contributed by atoms with Gasteiger partial charge in [-0.2, -0.15) is 0 Å². The zero-order valence-corrected chi connectivity index (χ0v) is 46.1. The highest BCUT2D eigenvalue weighted by molar-refractivity contribution is 7.45. The number of unbranched alkanes of at least 4 members (excludes halogenated alkanes) is 42. The summed E-state index contributed by atoms with van der Waals surface area (Å²) >= 11 is 0. The average Bonchev–Trinajstić information content (AvgIpc) is 3.28. The van der Waals surface area contributed by atoms with Crippen LogP contribution in [0.2, 0.25) is 0 Å². The van der Waals surface area contributed by atoms with Crippen LogP contribution in [0.25, 0.3) is 0 Å². The number of carbonyl (C=O) groups excluding carboxylic acids is 1. The van der Waals surface area contributed by atoms with Gasteiger partial charge in [-0.15, -0.1) is 0 Å². The van der Waals surface area contributed by atoms with Gasteiger partial charge in [0.15, 0.2) is 0 Å². The summed E-state index contributed by atoms with van der Waals surface area (Å²) in [6.07, 6.45) is 58.6. The van der Waals surface area contributed by atoms with Crippen molar-refractivity contribution in [1.82, 2.24) is 5.32 Å². The smallest absolute Gasteiger partial charge is 0.268 e. The Labute approximate surface area is 412 Å². The molecule has 0 saturated heterocycles. The van der Waals surface area contributed by atoms with Gasteiger partial charge in [-0.25, -0.2) is 0 Å². The standard InChI is InChI=1S/C57H117N2O6P/c1-6-8-10-12-14-16-18-20-22-23-24-25-26-27-28-29-30-31-32-33-34-35-37-39-41-43-45-47-49-51-57(61)58-55(54-65-66(62,63)64-53-52-59(3,4)5)56(60)50-48-46-44-42-40-38-36-21-19-17-15-13-11-9-7-2/h55-56,60H,6-54H2,1-5H3,(H-,58,61,62,63)/t55-,56+/m0/s1. The van der Waals surface area contributed by atoms with Gasteiger partial charge in [-0.1, -0.05) is 290 Å². The van der Waals surface area contributed by atoms with E-state index in [0.29, 0.717) is 23.9 Å². The fourth-order valence-corrected chi connectivity index (χ4v) is 9.94. The first-order valence-corrected chi connectivity index (χ1v) is 30.8. The van der Waals surface area contributed by atoms with Gasteiger partial charge in [0.1, 0.15) is 13.2 Å². The summed E-state index contributed by atoms with van der Waals surface area (Å²) in [5.74, 6) is -0.157. The third kappa shape index (κ3) is 51.4. The number of aliphatic hydroxyl groups is 1. The summed E-state index contributed by atoms with van der Waals surface area (Å²) < 4.78 is 23.4. The molecular formula is C57H117N2O6P. The third-order valence-corrected chi connectivity index (χ3v) is 14.8. The van der Waals surface area contributed by atoms with E-state index < -0.39 is 20.0 Å². The summed E-state index contributed by atoms with van der Waals surface area (Å²) in [6.45, 7) is 4.77. The Morgan fingerprint density at radius 1 is 0.470 bits per heavy atom. The lowest BCUT2D eigenvalue weighted by Crippen LogP contribution is -2.46. The van der Waals surface area contributed by atoms with Crippen molar-refractivity contribution in [2.24, 2.45) is 0 Å². The molecule has 0 spiro atoms. The van der Waals surface area contributed by atoms with E-state index in [1.165, 1.54) is 244 Å². The molecule has 1 amide bonds. The molecule has 66 heavy (non-hydrogen) atoms. The second kappa shape index (κ2) is 49.5. The predicted molar refractivity (Wildman–Crippen MR) is 284 cm³/mol. The normalized spacial score (nSPS) is 13.9. The molecule has 0 aliphatic rings. The molecule has 0 heterocycles. The number of nitrogens with zero attached hydrogens (tertiary/aromatic N) is 1. The van der Waals surface area contributed by atoms with Crippen LogP contribution in [0.1, 0.15) is 309 Å².